The minimum absolute atomic E-state index is 0. The summed E-state index contributed by atoms with van der Waals surface area (Å²) < 4.78 is 0. The molecule has 0 fully saturated rings. The Hall–Kier alpha value is -4.24. The van der Waals surface area contributed by atoms with Gasteiger partial charge in [0.15, 0.2) is 0 Å². The van der Waals surface area contributed by atoms with Gasteiger partial charge >= 0.3 is 122 Å². The van der Waals surface area contributed by atoms with E-state index in [9.17, 15) is 9.90 Å². The number of rotatable bonds is 19. The fraction of sp³-hybridized carbons (Fsp3) is 0.247. The number of thiocyanates is 1. The molecule has 4 aromatic carbocycles. The van der Waals surface area contributed by atoms with Crippen molar-refractivity contribution in [2.24, 2.45) is 0 Å². The Labute approximate surface area is 636 Å². The van der Waals surface area contributed by atoms with Gasteiger partial charge in [-0.15, -0.1) is 22.7 Å². The topological polar surface area (TPSA) is 138 Å². The average molecular weight is 1370 g/mol. The van der Waals surface area contributed by atoms with Crippen LogP contribution in [-0.4, -0.2) is 31.1 Å². The van der Waals surface area contributed by atoms with Gasteiger partial charge in [-0.3, -0.25) is 15.0 Å². The van der Waals surface area contributed by atoms with Crippen molar-refractivity contribution in [1.82, 2.24) is 19.9 Å². The molecule has 2 aliphatic carbocycles. The molecule has 10 aromatic rings. The van der Waals surface area contributed by atoms with Gasteiger partial charge in [0.05, 0.1) is 17.4 Å². The molecule has 0 N–H and O–H groups in total. The van der Waals surface area contributed by atoms with E-state index in [-0.39, 0.29) is 139 Å². The Morgan fingerprint density at radius 1 is 0.534 bits per heavy atom. The van der Waals surface area contributed by atoms with E-state index in [0.29, 0.717) is 11.4 Å². The molecule has 434 valence electrons. The number of aromatic nitrogens is 4. The van der Waals surface area contributed by atoms with E-state index in [1.165, 1.54) is 192 Å². The minimum Gasteiger partial charge on any atom is -0.753 e. The summed E-state index contributed by atoms with van der Waals surface area (Å²) in [6.07, 6.45) is 21.5. The number of carbonyl (C=O) groups is 1. The van der Waals surface area contributed by atoms with Crippen LogP contribution in [0.4, 0.5) is 0 Å². The third-order valence-electron chi connectivity index (χ3n) is 16.4. The zero-order valence-electron chi connectivity index (χ0n) is 50.8. The second kappa shape index (κ2) is 35.5. The molecular weight excluding hydrogens is 1300 g/mol. The summed E-state index contributed by atoms with van der Waals surface area (Å²) in [5, 5.41) is 27.6. The van der Waals surface area contributed by atoms with E-state index < -0.39 is 5.97 Å². The number of hydrogen-bond donors (Lipinski definition) is 0. The van der Waals surface area contributed by atoms with Crippen LogP contribution in [0.5, 0.6) is 0 Å². The van der Waals surface area contributed by atoms with Gasteiger partial charge in [0, 0.05) is 54.6 Å². The Kier molecular flexibility index (Phi) is 29.4. The summed E-state index contributed by atoms with van der Waals surface area (Å²) in [6, 6.07) is 59.9. The Morgan fingerprint density at radius 2 is 0.886 bits per heavy atom. The number of aromatic carboxylic acids is 1. The maximum absolute atomic E-state index is 10.6. The van der Waals surface area contributed by atoms with Gasteiger partial charge in [0.2, 0.25) is 0 Å². The van der Waals surface area contributed by atoms with Gasteiger partial charge in [-0.05, 0) is 176 Å². The molecule has 12 rings (SSSR count). The number of pyridine rings is 4. The fourth-order valence-electron chi connectivity index (χ4n) is 12.4. The van der Waals surface area contributed by atoms with Crippen LogP contribution >= 0.6 is 34.9 Å². The van der Waals surface area contributed by atoms with Crippen molar-refractivity contribution >= 4 is 58.7 Å². The molecule has 88 heavy (non-hydrogen) atoms. The van der Waals surface area contributed by atoms with Gasteiger partial charge in [0.1, 0.15) is 0 Å². The minimum atomic E-state index is -1.22. The van der Waals surface area contributed by atoms with Crippen LogP contribution in [0.3, 0.4) is 0 Å². The van der Waals surface area contributed by atoms with E-state index >= 15 is 0 Å². The number of hydrogen-bond acceptors (Lipinski definition) is 11. The predicted octanol–water partition coefficient (Wildman–Crippen LogP) is 13.2. The van der Waals surface area contributed by atoms with Crippen molar-refractivity contribution in [3.63, 3.8) is 0 Å². The number of thiophene rings is 2. The number of carboxylic acid groups (broad SMARTS) is 1. The first kappa shape index (κ1) is 72.8. The summed E-state index contributed by atoms with van der Waals surface area (Å²) >= 11 is 11.1. The molecule has 0 unspecified atom stereocenters. The fourth-order valence-corrected chi connectivity index (χ4v) is 14.4. The summed E-state index contributed by atoms with van der Waals surface area (Å²) in [5.41, 5.74) is 20.0. The third-order valence-corrected chi connectivity index (χ3v) is 18.7. The summed E-state index contributed by atoms with van der Waals surface area (Å²) in [5.74, 6) is -1.22. The third kappa shape index (κ3) is 16.5. The normalized spacial score (nSPS) is 12.0. The summed E-state index contributed by atoms with van der Waals surface area (Å²) in [4.78, 5) is 33.5. The molecule has 0 aliphatic heterocycles. The smallest absolute Gasteiger partial charge is 0.753 e. The largest absolute Gasteiger partial charge is 2.00 e. The van der Waals surface area contributed by atoms with E-state index in [1.54, 1.807) is 18.3 Å². The Morgan fingerprint density at radius 3 is 1.26 bits per heavy atom. The molecule has 0 saturated carbocycles. The second-order valence-corrected chi connectivity index (χ2v) is 24.0. The van der Waals surface area contributed by atoms with Gasteiger partial charge in [-0.2, -0.15) is 23.4 Å². The van der Waals surface area contributed by atoms with Crippen molar-refractivity contribution in [1.29, 1.82) is 5.26 Å². The number of unbranched alkanes of at least 4 members (excludes halogenated alkanes) is 4. The maximum Gasteiger partial charge on any atom is 2.00 e. The molecule has 6 aromatic heterocycles. The number of benzene rings is 4. The standard InChI is InChI=1S/C60H60N2S2.C11H7N2O2.CHNS.CNS.2K.Ru/c1-5-9-31-59(32-10-6-2)49-19-15-13-17-45(49)47-23-21-41(37-51(47)59)55-25-27-57(63-55)43-29-35-61-53(39-43)54-40-44(30-36-62-54)58-28-26-56(64-58)42-22-24-48-46-18-14-16-20-50(46)60(33-11-7-3,34-12-8-4)52(48)38-42;14-11(15)8-4-6-13-10(7-8)9-3-1-2-5-12-9;2*2-1-3;;;/h13-30,35-40H,5-12,31-34H2,1-4H3;2-7H,(H,14,15);3H;;;;/q;-1;;-1;2*+1;+2/p-2. The molecule has 15 heteroatoms. The van der Waals surface area contributed by atoms with Gasteiger partial charge in [0.25, 0.3) is 0 Å². The molecule has 0 bridgehead atoms. The van der Waals surface area contributed by atoms with Crippen LogP contribution in [0, 0.1) is 16.7 Å². The number of carbonyl (C=O) groups excluding carboxylic acids is 1. The molecule has 0 amide bonds. The van der Waals surface area contributed by atoms with Crippen LogP contribution < -0.4 is 108 Å². The number of fused-ring (bicyclic) bond motifs is 6. The van der Waals surface area contributed by atoms with Gasteiger partial charge in [-0.1, -0.05) is 176 Å². The summed E-state index contributed by atoms with van der Waals surface area (Å²) in [7, 11) is 0. The van der Waals surface area contributed by atoms with E-state index in [2.05, 4.69) is 202 Å². The Bertz CT molecular complexity index is 3790. The molecule has 0 saturated heterocycles. The van der Waals surface area contributed by atoms with Crippen molar-refractivity contribution in [3.8, 4) is 92.2 Å². The molecule has 8 nitrogen and oxygen atoms in total. The zero-order valence-corrected chi connectivity index (χ0v) is 62.0. The van der Waals surface area contributed by atoms with Crippen molar-refractivity contribution in [3.05, 3.63) is 222 Å². The molecule has 6 heterocycles. The van der Waals surface area contributed by atoms with Gasteiger partial charge < -0.3 is 32.9 Å². The predicted molar refractivity (Wildman–Crippen MR) is 355 cm³/mol. The van der Waals surface area contributed by atoms with Crippen LogP contribution in [0.1, 0.15) is 137 Å². The monoisotopic (exact) mass is 1370 g/mol. The summed E-state index contributed by atoms with van der Waals surface area (Å²) in [6.45, 7) is 9.32. The first-order valence-corrected chi connectivity index (χ1v) is 31.7. The van der Waals surface area contributed by atoms with E-state index in [4.69, 9.17) is 20.6 Å². The maximum atomic E-state index is 10.6. The van der Waals surface area contributed by atoms with Crippen LogP contribution in [-0.2, 0) is 42.9 Å². The van der Waals surface area contributed by atoms with Crippen LogP contribution in [0.2, 0.25) is 0 Å². The second-order valence-electron chi connectivity index (χ2n) is 21.4. The van der Waals surface area contributed by atoms with Crippen LogP contribution in [0.15, 0.2) is 183 Å². The number of nitrogens with zero attached hydrogens (tertiary/aromatic N) is 6. The molecule has 0 spiro atoms. The molecular formula is C73H66K2N6O2RuS4. The van der Waals surface area contributed by atoms with Crippen molar-refractivity contribution in [2.45, 2.75) is 116 Å². The molecule has 2 aliphatic rings. The van der Waals surface area contributed by atoms with E-state index in [0.717, 1.165) is 11.4 Å². The Balaban J connectivity index is 0.000000439. The first-order valence-electron chi connectivity index (χ1n) is 29.2. The molecule has 0 atom stereocenters. The number of nitriles is 1. The van der Waals surface area contributed by atoms with Gasteiger partial charge in [-0.25, -0.2) is 5.26 Å². The van der Waals surface area contributed by atoms with E-state index in [1.807, 2.05) is 35.1 Å². The number of thiocarbonyl (C=S) groups is 1. The van der Waals surface area contributed by atoms with Crippen LogP contribution in [0.25, 0.3) is 92.2 Å². The van der Waals surface area contributed by atoms with Crippen molar-refractivity contribution in [2.75, 3.05) is 0 Å². The number of isothiocyanates is 1. The average Bonchev–Trinajstić information content (AvgIpc) is 1.61. The SMILES string of the molecule is CCCCC1(CCCC)c2ccccc2-c2ccc(-c3ccc(-c4ccnc(-c5cc(-c6ccc(-c7ccc8c(c7)C(CCCC)(CCCC)c7ccccc7-8)s6)ccn5)c4)s3)cc21.N#C[S-].O=C([O-])c1ccnc(-c2c[c-]ccn2)c1.[K+].[K+].[N-]=C=S.[Ru+2]. The quantitative estimate of drug-likeness (QED) is 0.0193. The van der Waals surface area contributed by atoms with Crippen molar-refractivity contribution < 1.29 is 132 Å². The first-order chi connectivity index (χ1) is 41.6. The number of carboxylic acids is 1. The molecule has 0 radical (unpaired) electrons. The zero-order chi connectivity index (χ0) is 59.8.